The molecular weight excluding hydrogens is 272 g/mol. The van der Waals surface area contributed by atoms with Crippen LogP contribution in [0.5, 0.6) is 0 Å². The van der Waals surface area contributed by atoms with Crippen molar-refractivity contribution in [3.05, 3.63) is 28.2 Å². The van der Waals surface area contributed by atoms with Gasteiger partial charge in [0.25, 0.3) is 0 Å². The van der Waals surface area contributed by atoms with Crippen molar-refractivity contribution in [3.8, 4) is 0 Å². The molecule has 0 unspecified atom stereocenters. The van der Waals surface area contributed by atoms with Crippen LogP contribution >= 0.6 is 15.9 Å². The molecule has 86 valence electrons. The van der Waals surface area contributed by atoms with Gasteiger partial charge in [-0.2, -0.15) is 0 Å². The first-order valence-corrected chi connectivity index (χ1v) is 5.96. The number of halogens is 1. The summed E-state index contributed by atoms with van der Waals surface area (Å²) in [6.45, 7) is 3.49. The molecular formula is C11H13BrN2O2. The van der Waals surface area contributed by atoms with Crippen LogP contribution < -0.4 is 10.2 Å². The van der Waals surface area contributed by atoms with E-state index in [-0.39, 0.29) is 0 Å². The molecule has 0 spiro atoms. The second-order valence-corrected chi connectivity index (χ2v) is 4.62. The van der Waals surface area contributed by atoms with Crippen LogP contribution in [-0.2, 0) is 0 Å². The molecule has 0 radical (unpaired) electrons. The summed E-state index contributed by atoms with van der Waals surface area (Å²) in [4.78, 5) is 13.3. The molecule has 2 rings (SSSR count). The SMILES string of the molecule is O=C(O)c1cc(Br)ccc1N1CCNCC1. The fourth-order valence-electron chi connectivity index (χ4n) is 1.86. The molecule has 5 heteroatoms. The lowest BCUT2D eigenvalue weighted by Gasteiger charge is -2.30. The molecule has 1 fully saturated rings. The molecule has 0 aromatic heterocycles. The number of nitrogens with zero attached hydrogens (tertiary/aromatic N) is 1. The van der Waals surface area contributed by atoms with Gasteiger partial charge < -0.3 is 15.3 Å². The van der Waals surface area contributed by atoms with E-state index < -0.39 is 5.97 Å². The molecule has 2 N–H and O–H groups in total. The van der Waals surface area contributed by atoms with Crippen molar-refractivity contribution in [2.45, 2.75) is 0 Å². The van der Waals surface area contributed by atoms with E-state index in [2.05, 4.69) is 26.1 Å². The van der Waals surface area contributed by atoms with Crippen LogP contribution in [-0.4, -0.2) is 37.3 Å². The normalized spacial score (nSPS) is 16.2. The molecule has 1 aliphatic heterocycles. The molecule has 1 aromatic carbocycles. The van der Waals surface area contributed by atoms with Gasteiger partial charge in [0.15, 0.2) is 0 Å². The van der Waals surface area contributed by atoms with E-state index in [0.29, 0.717) is 5.56 Å². The lowest BCUT2D eigenvalue weighted by Crippen LogP contribution is -2.44. The molecule has 1 aliphatic rings. The molecule has 0 saturated carbocycles. The van der Waals surface area contributed by atoms with Crippen LogP contribution in [0.25, 0.3) is 0 Å². The Morgan fingerprint density at radius 3 is 2.69 bits per heavy atom. The Morgan fingerprint density at radius 2 is 2.06 bits per heavy atom. The second kappa shape index (κ2) is 4.84. The molecule has 0 amide bonds. The summed E-state index contributed by atoms with van der Waals surface area (Å²) in [7, 11) is 0. The third-order valence-corrected chi connectivity index (χ3v) is 3.14. The third kappa shape index (κ3) is 2.36. The number of hydrogen-bond acceptors (Lipinski definition) is 3. The zero-order chi connectivity index (χ0) is 11.5. The van der Waals surface area contributed by atoms with Gasteiger partial charge in [-0.25, -0.2) is 4.79 Å². The Labute approximate surface area is 102 Å². The Kier molecular flexibility index (Phi) is 3.46. The minimum absolute atomic E-state index is 0.358. The predicted octanol–water partition coefficient (Wildman–Crippen LogP) is 1.56. The molecule has 16 heavy (non-hydrogen) atoms. The standard InChI is InChI=1S/C11H13BrN2O2/c12-8-1-2-10(9(7-8)11(15)16)14-5-3-13-4-6-14/h1-2,7,13H,3-6H2,(H,15,16). The van der Waals surface area contributed by atoms with Crippen LogP contribution in [0, 0.1) is 0 Å². The number of hydrogen-bond donors (Lipinski definition) is 2. The van der Waals surface area contributed by atoms with E-state index in [9.17, 15) is 4.79 Å². The molecule has 1 saturated heterocycles. The number of carboxylic acid groups (broad SMARTS) is 1. The molecule has 0 atom stereocenters. The van der Waals surface area contributed by atoms with Crippen molar-refractivity contribution < 1.29 is 9.90 Å². The average molecular weight is 285 g/mol. The Morgan fingerprint density at radius 1 is 1.38 bits per heavy atom. The minimum atomic E-state index is -0.880. The summed E-state index contributed by atoms with van der Waals surface area (Å²) in [5.74, 6) is -0.880. The first-order valence-electron chi connectivity index (χ1n) is 5.17. The maximum atomic E-state index is 11.2. The maximum absolute atomic E-state index is 11.2. The van der Waals surface area contributed by atoms with E-state index in [4.69, 9.17) is 5.11 Å². The monoisotopic (exact) mass is 284 g/mol. The van der Waals surface area contributed by atoms with Gasteiger partial charge in [0, 0.05) is 30.7 Å². The zero-order valence-corrected chi connectivity index (χ0v) is 10.3. The summed E-state index contributed by atoms with van der Waals surface area (Å²) >= 11 is 3.29. The van der Waals surface area contributed by atoms with Crippen LogP contribution in [0.3, 0.4) is 0 Å². The van der Waals surface area contributed by atoms with Gasteiger partial charge in [-0.15, -0.1) is 0 Å². The van der Waals surface area contributed by atoms with Crippen molar-refractivity contribution in [3.63, 3.8) is 0 Å². The lowest BCUT2D eigenvalue weighted by molar-refractivity contribution is 0.0697. The highest BCUT2D eigenvalue weighted by Gasteiger charge is 2.17. The van der Waals surface area contributed by atoms with Crippen molar-refractivity contribution in [2.75, 3.05) is 31.1 Å². The third-order valence-electron chi connectivity index (χ3n) is 2.65. The number of aromatic carboxylic acids is 1. The number of carboxylic acids is 1. The molecule has 1 aromatic rings. The Bertz CT molecular complexity index is 403. The first kappa shape index (κ1) is 11.4. The van der Waals surface area contributed by atoms with Crippen molar-refractivity contribution >= 4 is 27.6 Å². The van der Waals surface area contributed by atoms with Gasteiger partial charge in [-0.3, -0.25) is 0 Å². The van der Waals surface area contributed by atoms with Crippen LogP contribution in [0.15, 0.2) is 22.7 Å². The fraction of sp³-hybridized carbons (Fsp3) is 0.364. The lowest BCUT2D eigenvalue weighted by atomic mass is 10.1. The van der Waals surface area contributed by atoms with Gasteiger partial charge in [0.1, 0.15) is 0 Å². The first-order chi connectivity index (χ1) is 7.68. The van der Waals surface area contributed by atoms with Gasteiger partial charge in [-0.05, 0) is 18.2 Å². The van der Waals surface area contributed by atoms with Gasteiger partial charge in [-0.1, -0.05) is 15.9 Å². The summed E-state index contributed by atoms with van der Waals surface area (Å²) in [5, 5.41) is 12.4. The predicted molar refractivity (Wildman–Crippen MR) is 66.2 cm³/mol. The van der Waals surface area contributed by atoms with E-state index in [0.717, 1.165) is 36.3 Å². The largest absolute Gasteiger partial charge is 0.478 e. The number of benzene rings is 1. The molecule has 1 heterocycles. The summed E-state index contributed by atoms with van der Waals surface area (Å²) in [5.41, 5.74) is 1.16. The minimum Gasteiger partial charge on any atom is -0.478 e. The van der Waals surface area contributed by atoms with Crippen molar-refractivity contribution in [2.24, 2.45) is 0 Å². The second-order valence-electron chi connectivity index (χ2n) is 3.70. The molecule has 4 nitrogen and oxygen atoms in total. The van der Waals surface area contributed by atoms with E-state index in [1.165, 1.54) is 0 Å². The van der Waals surface area contributed by atoms with E-state index in [1.54, 1.807) is 6.07 Å². The van der Waals surface area contributed by atoms with Crippen LogP contribution in [0.1, 0.15) is 10.4 Å². The smallest absolute Gasteiger partial charge is 0.337 e. The highest BCUT2D eigenvalue weighted by molar-refractivity contribution is 9.10. The number of anilines is 1. The maximum Gasteiger partial charge on any atom is 0.337 e. The van der Waals surface area contributed by atoms with Gasteiger partial charge in [0.05, 0.1) is 11.3 Å². The number of piperazine rings is 1. The molecule has 0 bridgehead atoms. The highest BCUT2D eigenvalue weighted by Crippen LogP contribution is 2.24. The summed E-state index contributed by atoms with van der Waals surface area (Å²) < 4.78 is 0.795. The van der Waals surface area contributed by atoms with E-state index in [1.807, 2.05) is 12.1 Å². The van der Waals surface area contributed by atoms with E-state index >= 15 is 0 Å². The Balaban J connectivity index is 2.34. The number of nitrogens with one attached hydrogen (secondary N) is 1. The van der Waals surface area contributed by atoms with Crippen LogP contribution in [0.2, 0.25) is 0 Å². The van der Waals surface area contributed by atoms with Crippen LogP contribution in [0.4, 0.5) is 5.69 Å². The van der Waals surface area contributed by atoms with Crippen molar-refractivity contribution in [1.29, 1.82) is 0 Å². The molecule has 0 aliphatic carbocycles. The quantitative estimate of drug-likeness (QED) is 0.866. The zero-order valence-electron chi connectivity index (χ0n) is 8.74. The fourth-order valence-corrected chi connectivity index (χ4v) is 2.22. The topological polar surface area (TPSA) is 52.6 Å². The van der Waals surface area contributed by atoms with Crippen molar-refractivity contribution in [1.82, 2.24) is 5.32 Å². The van der Waals surface area contributed by atoms with Gasteiger partial charge in [0.2, 0.25) is 0 Å². The average Bonchev–Trinajstić information content (AvgIpc) is 2.30. The Hall–Kier alpha value is -1.07. The number of rotatable bonds is 2. The van der Waals surface area contributed by atoms with Gasteiger partial charge >= 0.3 is 5.97 Å². The number of carbonyl (C=O) groups is 1. The highest BCUT2D eigenvalue weighted by atomic mass is 79.9. The summed E-state index contributed by atoms with van der Waals surface area (Å²) in [6, 6.07) is 5.39. The summed E-state index contributed by atoms with van der Waals surface area (Å²) in [6.07, 6.45) is 0.